The van der Waals surface area contributed by atoms with E-state index in [1.54, 1.807) is 12.1 Å². The molecule has 0 unspecified atom stereocenters. The summed E-state index contributed by atoms with van der Waals surface area (Å²) in [6.45, 7) is 0. The van der Waals surface area contributed by atoms with E-state index in [4.69, 9.17) is 10.5 Å². The molecule has 1 heterocycles. The van der Waals surface area contributed by atoms with E-state index < -0.39 is 47.6 Å². The largest absolute Gasteiger partial charge is 0.391 e. The Balaban J connectivity index is 2.48. The second-order valence-corrected chi connectivity index (χ2v) is 5.55. The zero-order chi connectivity index (χ0) is 15.8. The number of hydrogen-bond donors (Lipinski definition) is 1. The van der Waals surface area contributed by atoms with Crippen molar-refractivity contribution >= 4 is 11.8 Å². The SMILES string of the molecule is N#C[C@H]1C(=O)NC(=O)[C@H](C#N)C12CCC[C@H](C(F)(F)F)C2. The first-order valence-corrected chi connectivity index (χ1v) is 6.47. The van der Waals surface area contributed by atoms with Crippen LogP contribution in [0.4, 0.5) is 13.2 Å². The van der Waals surface area contributed by atoms with Crippen LogP contribution in [-0.2, 0) is 9.59 Å². The topological polar surface area (TPSA) is 93.8 Å². The molecule has 112 valence electrons. The van der Waals surface area contributed by atoms with Crippen LogP contribution in [0.15, 0.2) is 0 Å². The Morgan fingerprint density at radius 2 is 1.67 bits per heavy atom. The Kier molecular flexibility index (Phi) is 3.66. The first kappa shape index (κ1) is 15.3. The molecule has 0 radical (unpaired) electrons. The molecule has 1 saturated carbocycles. The van der Waals surface area contributed by atoms with Crippen molar-refractivity contribution < 1.29 is 22.8 Å². The van der Waals surface area contributed by atoms with Crippen molar-refractivity contribution in [1.29, 1.82) is 10.5 Å². The third kappa shape index (κ3) is 2.35. The van der Waals surface area contributed by atoms with E-state index in [2.05, 4.69) is 0 Å². The molecule has 2 fully saturated rings. The van der Waals surface area contributed by atoms with E-state index in [-0.39, 0.29) is 19.3 Å². The highest BCUT2D eigenvalue weighted by Gasteiger charge is 2.60. The molecule has 3 atom stereocenters. The average Bonchev–Trinajstić information content (AvgIpc) is 2.38. The summed E-state index contributed by atoms with van der Waals surface area (Å²) in [5.74, 6) is -6.33. The van der Waals surface area contributed by atoms with Crippen molar-refractivity contribution in [3.63, 3.8) is 0 Å². The van der Waals surface area contributed by atoms with E-state index in [1.165, 1.54) is 0 Å². The third-order valence-electron chi connectivity index (χ3n) is 4.46. The molecule has 5 nitrogen and oxygen atoms in total. The third-order valence-corrected chi connectivity index (χ3v) is 4.46. The lowest BCUT2D eigenvalue weighted by molar-refractivity contribution is -0.200. The Morgan fingerprint density at radius 3 is 2.10 bits per heavy atom. The summed E-state index contributed by atoms with van der Waals surface area (Å²) in [5, 5.41) is 20.2. The second kappa shape index (κ2) is 5.03. The van der Waals surface area contributed by atoms with Crippen LogP contribution in [0.2, 0.25) is 0 Å². The van der Waals surface area contributed by atoms with Crippen LogP contribution in [0.25, 0.3) is 0 Å². The van der Waals surface area contributed by atoms with E-state index >= 15 is 0 Å². The first-order valence-electron chi connectivity index (χ1n) is 6.47. The predicted octanol–water partition coefficient (Wildman–Crippen LogP) is 1.66. The number of rotatable bonds is 0. The summed E-state index contributed by atoms with van der Waals surface area (Å²) in [4.78, 5) is 23.6. The number of nitrogens with one attached hydrogen (secondary N) is 1. The lowest BCUT2D eigenvalue weighted by Crippen LogP contribution is -2.59. The van der Waals surface area contributed by atoms with Crippen molar-refractivity contribution in [3.8, 4) is 12.1 Å². The molecule has 2 aliphatic rings. The molecule has 1 aliphatic carbocycles. The van der Waals surface area contributed by atoms with Gasteiger partial charge in [-0.05, 0) is 19.3 Å². The summed E-state index contributed by atoms with van der Waals surface area (Å²) in [7, 11) is 0. The summed E-state index contributed by atoms with van der Waals surface area (Å²) in [6.07, 6.45) is -4.90. The van der Waals surface area contributed by atoms with Gasteiger partial charge in [0.15, 0.2) is 0 Å². The highest BCUT2D eigenvalue weighted by molar-refractivity contribution is 6.03. The van der Waals surface area contributed by atoms with Crippen LogP contribution >= 0.6 is 0 Å². The van der Waals surface area contributed by atoms with E-state index in [0.29, 0.717) is 0 Å². The molecule has 0 aromatic carbocycles. The lowest BCUT2D eigenvalue weighted by Gasteiger charge is -2.47. The minimum atomic E-state index is -4.47. The van der Waals surface area contributed by atoms with Crippen LogP contribution in [0.3, 0.4) is 0 Å². The standard InChI is InChI=1S/C13H12F3N3O2/c14-13(15,16)7-2-1-3-12(4-7)8(5-17)10(20)19-11(21)9(12)6-18/h7-9H,1-4H2,(H,19,20,21)/t7-,8-,9-/m0/s1. The molecule has 1 aliphatic heterocycles. The van der Waals surface area contributed by atoms with Gasteiger partial charge in [-0.15, -0.1) is 0 Å². The molecule has 0 aromatic heterocycles. The summed E-state index contributed by atoms with van der Waals surface area (Å²) >= 11 is 0. The molecular formula is C13H12F3N3O2. The Hall–Kier alpha value is -2.09. The average molecular weight is 299 g/mol. The molecule has 2 rings (SSSR count). The molecule has 0 aromatic rings. The zero-order valence-electron chi connectivity index (χ0n) is 10.9. The molecule has 1 N–H and O–H groups in total. The van der Waals surface area contributed by atoms with Crippen LogP contribution < -0.4 is 5.32 Å². The van der Waals surface area contributed by atoms with Crippen molar-refractivity contribution in [3.05, 3.63) is 0 Å². The molecular weight excluding hydrogens is 287 g/mol. The van der Waals surface area contributed by atoms with E-state index in [9.17, 15) is 22.8 Å². The Bertz CT molecular complexity index is 526. The molecule has 1 spiro atoms. The van der Waals surface area contributed by atoms with Gasteiger partial charge in [0.25, 0.3) is 0 Å². The van der Waals surface area contributed by atoms with Gasteiger partial charge in [-0.2, -0.15) is 23.7 Å². The van der Waals surface area contributed by atoms with Crippen LogP contribution in [0.1, 0.15) is 25.7 Å². The van der Waals surface area contributed by atoms with E-state index in [0.717, 1.165) is 0 Å². The maximum Gasteiger partial charge on any atom is 0.391 e. The van der Waals surface area contributed by atoms with Crippen LogP contribution in [0, 0.1) is 45.8 Å². The van der Waals surface area contributed by atoms with E-state index in [1.807, 2.05) is 5.32 Å². The van der Waals surface area contributed by atoms with Gasteiger partial charge in [-0.25, -0.2) is 0 Å². The number of carbonyl (C=O) groups excluding carboxylic acids is 2. The van der Waals surface area contributed by atoms with Gasteiger partial charge >= 0.3 is 6.18 Å². The van der Waals surface area contributed by atoms with Gasteiger partial charge < -0.3 is 0 Å². The zero-order valence-corrected chi connectivity index (χ0v) is 10.9. The number of nitriles is 2. The fraction of sp³-hybridized carbons (Fsp3) is 0.692. The number of amides is 2. The highest BCUT2D eigenvalue weighted by Crippen LogP contribution is 2.54. The predicted molar refractivity (Wildman–Crippen MR) is 61.8 cm³/mol. The number of nitrogens with zero attached hydrogens (tertiary/aromatic N) is 2. The Labute approximate surface area is 118 Å². The van der Waals surface area contributed by atoms with Crippen molar-refractivity contribution in [1.82, 2.24) is 5.32 Å². The molecule has 21 heavy (non-hydrogen) atoms. The van der Waals surface area contributed by atoms with Gasteiger partial charge in [-0.1, -0.05) is 6.42 Å². The summed E-state index contributed by atoms with van der Waals surface area (Å²) in [5.41, 5.74) is -1.54. The number of piperidine rings is 1. The monoisotopic (exact) mass is 299 g/mol. The fourth-order valence-corrected chi connectivity index (χ4v) is 3.47. The van der Waals surface area contributed by atoms with Crippen molar-refractivity contribution in [2.45, 2.75) is 31.9 Å². The Morgan fingerprint density at radius 1 is 1.14 bits per heavy atom. The van der Waals surface area contributed by atoms with Gasteiger partial charge in [0.05, 0.1) is 18.1 Å². The highest BCUT2D eigenvalue weighted by atomic mass is 19.4. The number of halogens is 3. The smallest absolute Gasteiger partial charge is 0.294 e. The minimum absolute atomic E-state index is 0.0925. The molecule has 1 saturated heterocycles. The van der Waals surface area contributed by atoms with Crippen LogP contribution in [0.5, 0.6) is 0 Å². The number of alkyl halides is 3. The van der Waals surface area contributed by atoms with Gasteiger partial charge in [-0.3, -0.25) is 14.9 Å². The normalized spacial score (nSPS) is 32.1. The number of imide groups is 1. The summed E-state index contributed by atoms with van der Waals surface area (Å²) < 4.78 is 39.0. The maximum absolute atomic E-state index is 13.0. The van der Waals surface area contributed by atoms with Gasteiger partial charge in [0.1, 0.15) is 11.8 Å². The number of carbonyl (C=O) groups is 2. The second-order valence-electron chi connectivity index (χ2n) is 5.55. The molecule has 0 bridgehead atoms. The van der Waals surface area contributed by atoms with Crippen molar-refractivity contribution in [2.24, 2.45) is 23.2 Å². The maximum atomic E-state index is 13.0. The van der Waals surface area contributed by atoms with Crippen molar-refractivity contribution in [2.75, 3.05) is 0 Å². The molecule has 2 amide bonds. The van der Waals surface area contributed by atoms with Gasteiger partial charge in [0, 0.05) is 5.41 Å². The van der Waals surface area contributed by atoms with Gasteiger partial charge in [0.2, 0.25) is 11.8 Å². The first-order chi connectivity index (χ1) is 9.76. The quantitative estimate of drug-likeness (QED) is 0.688. The minimum Gasteiger partial charge on any atom is -0.294 e. The lowest BCUT2D eigenvalue weighted by atomic mass is 9.55. The van der Waals surface area contributed by atoms with Crippen LogP contribution in [-0.4, -0.2) is 18.0 Å². The summed E-state index contributed by atoms with van der Waals surface area (Å²) in [6, 6.07) is 3.38. The molecule has 8 heteroatoms. The number of hydrogen-bond acceptors (Lipinski definition) is 4. The fourth-order valence-electron chi connectivity index (χ4n) is 3.47.